The third-order valence-corrected chi connectivity index (χ3v) is 4.91. The van der Waals surface area contributed by atoms with E-state index < -0.39 is 10.0 Å². The molecule has 1 heterocycles. The molecule has 1 aromatic rings. The minimum absolute atomic E-state index is 0.0903. The molecule has 3 N–H and O–H groups in total. The molecule has 0 saturated carbocycles. The number of hydrogen-bond acceptors (Lipinski definition) is 5. The number of aryl methyl sites for hydroxylation is 1. The molecule has 0 saturated heterocycles. The van der Waals surface area contributed by atoms with Crippen molar-refractivity contribution < 1.29 is 8.42 Å². The highest BCUT2D eigenvalue weighted by Gasteiger charge is 2.05. The van der Waals surface area contributed by atoms with Crippen molar-refractivity contribution in [2.75, 3.05) is 32.4 Å². The van der Waals surface area contributed by atoms with Gasteiger partial charge in [0.1, 0.15) is 0 Å². The van der Waals surface area contributed by atoms with E-state index in [4.69, 9.17) is 0 Å². The fraction of sp³-hybridized carbons (Fsp3) is 0.667. The summed E-state index contributed by atoms with van der Waals surface area (Å²) in [6.07, 6.45) is 0.827. The van der Waals surface area contributed by atoms with Gasteiger partial charge in [-0.1, -0.05) is 0 Å². The van der Waals surface area contributed by atoms with Crippen LogP contribution in [0.3, 0.4) is 0 Å². The smallest absolute Gasteiger partial charge is 0.211 e. The molecular weight excluding hydrogens is 310 g/mol. The van der Waals surface area contributed by atoms with Gasteiger partial charge < -0.3 is 10.6 Å². The van der Waals surface area contributed by atoms with E-state index in [1.165, 1.54) is 0 Å². The van der Waals surface area contributed by atoms with E-state index in [1.807, 2.05) is 12.3 Å². The Balaban J connectivity index is 2.20. The van der Waals surface area contributed by atoms with Crippen LogP contribution in [0.25, 0.3) is 0 Å². The fourth-order valence-corrected chi connectivity index (χ4v) is 2.81. The number of nitrogens with zero attached hydrogens (tertiary/aromatic N) is 2. The number of sulfonamides is 1. The van der Waals surface area contributed by atoms with E-state index in [0.717, 1.165) is 23.7 Å². The molecule has 0 aromatic carbocycles. The van der Waals surface area contributed by atoms with Gasteiger partial charge in [0.15, 0.2) is 5.96 Å². The third kappa shape index (κ3) is 7.39. The van der Waals surface area contributed by atoms with E-state index >= 15 is 0 Å². The van der Waals surface area contributed by atoms with Crippen LogP contribution in [0.15, 0.2) is 10.4 Å². The first-order valence-electron chi connectivity index (χ1n) is 6.79. The van der Waals surface area contributed by atoms with Crippen molar-refractivity contribution in [3.05, 3.63) is 16.1 Å². The number of guanidine groups is 1. The average Bonchev–Trinajstić information content (AvgIpc) is 2.87. The van der Waals surface area contributed by atoms with Crippen LogP contribution in [0, 0.1) is 6.92 Å². The zero-order valence-electron chi connectivity index (χ0n) is 12.6. The summed E-state index contributed by atoms with van der Waals surface area (Å²) in [6.45, 7) is 5.14. The first kappa shape index (κ1) is 17.9. The van der Waals surface area contributed by atoms with Crippen LogP contribution < -0.4 is 15.4 Å². The average molecular weight is 333 g/mol. The molecule has 120 valence electrons. The summed E-state index contributed by atoms with van der Waals surface area (Å²) in [7, 11) is -1.45. The highest BCUT2D eigenvalue weighted by atomic mass is 32.2. The molecule has 9 heteroatoms. The van der Waals surface area contributed by atoms with Crippen LogP contribution in [0.4, 0.5) is 0 Å². The van der Waals surface area contributed by atoms with Crippen molar-refractivity contribution in [1.82, 2.24) is 20.3 Å². The Morgan fingerprint density at radius 3 is 2.62 bits per heavy atom. The zero-order chi connectivity index (χ0) is 15.7. The molecule has 0 amide bonds. The van der Waals surface area contributed by atoms with Gasteiger partial charge in [-0.3, -0.25) is 4.99 Å². The molecule has 0 spiro atoms. The summed E-state index contributed by atoms with van der Waals surface area (Å²) >= 11 is 1.64. The van der Waals surface area contributed by atoms with E-state index in [-0.39, 0.29) is 5.75 Å². The van der Waals surface area contributed by atoms with Crippen LogP contribution in [-0.2, 0) is 16.4 Å². The van der Waals surface area contributed by atoms with Gasteiger partial charge in [-0.25, -0.2) is 18.1 Å². The van der Waals surface area contributed by atoms with E-state index in [0.29, 0.717) is 19.0 Å². The minimum Gasteiger partial charge on any atom is -0.356 e. The number of aliphatic imine (C=N–C) groups is 1. The molecule has 0 aliphatic carbocycles. The van der Waals surface area contributed by atoms with Crippen molar-refractivity contribution in [3.8, 4) is 0 Å². The normalized spacial score (nSPS) is 12.4. The molecule has 7 nitrogen and oxygen atoms in total. The van der Waals surface area contributed by atoms with E-state index in [2.05, 4.69) is 25.3 Å². The number of aromatic nitrogens is 1. The lowest BCUT2D eigenvalue weighted by Crippen LogP contribution is -2.42. The first-order valence-corrected chi connectivity index (χ1v) is 9.33. The molecule has 21 heavy (non-hydrogen) atoms. The Morgan fingerprint density at radius 2 is 2.05 bits per heavy atom. The number of rotatable bonds is 8. The molecule has 0 fully saturated rings. The lowest BCUT2D eigenvalue weighted by atomic mass is 10.3. The standard InChI is InChI=1S/C12H23N5O2S2/c1-4-21(18,19)16-8-7-15-12(13-3)14-6-5-11-9-20-10(2)17-11/h9,16H,4-8H2,1-3H3,(H2,13,14,15). The van der Waals surface area contributed by atoms with Gasteiger partial charge in [0, 0.05) is 38.5 Å². The zero-order valence-corrected chi connectivity index (χ0v) is 14.3. The Hall–Kier alpha value is -1.19. The second kappa shape index (κ2) is 8.96. The molecular formula is C12H23N5O2S2. The van der Waals surface area contributed by atoms with Gasteiger partial charge >= 0.3 is 0 Å². The van der Waals surface area contributed by atoms with Crippen LogP contribution in [0.2, 0.25) is 0 Å². The summed E-state index contributed by atoms with van der Waals surface area (Å²) in [5.74, 6) is 0.741. The predicted octanol–water partition coefficient (Wildman–Crippen LogP) is 0.0983. The maximum absolute atomic E-state index is 11.3. The molecule has 0 atom stereocenters. The Bertz CT molecular complexity index is 554. The first-order chi connectivity index (χ1) is 9.96. The molecule has 0 bridgehead atoms. The predicted molar refractivity (Wildman–Crippen MR) is 87.4 cm³/mol. The van der Waals surface area contributed by atoms with Crippen molar-refractivity contribution in [2.45, 2.75) is 20.3 Å². The van der Waals surface area contributed by atoms with Gasteiger partial charge in [0.25, 0.3) is 0 Å². The Labute approximate surface area is 130 Å². The van der Waals surface area contributed by atoms with E-state index in [9.17, 15) is 8.42 Å². The van der Waals surface area contributed by atoms with Crippen LogP contribution >= 0.6 is 11.3 Å². The Kier molecular flexibility index (Phi) is 7.62. The molecule has 0 radical (unpaired) electrons. The summed E-state index contributed by atoms with van der Waals surface area (Å²) in [4.78, 5) is 8.46. The van der Waals surface area contributed by atoms with E-state index in [1.54, 1.807) is 25.3 Å². The summed E-state index contributed by atoms with van der Waals surface area (Å²) in [5, 5.41) is 9.33. The van der Waals surface area contributed by atoms with Gasteiger partial charge in [0.05, 0.1) is 16.5 Å². The minimum atomic E-state index is -3.13. The van der Waals surface area contributed by atoms with Crippen molar-refractivity contribution in [2.24, 2.45) is 4.99 Å². The lowest BCUT2D eigenvalue weighted by Gasteiger charge is -2.11. The summed E-state index contributed by atoms with van der Waals surface area (Å²) < 4.78 is 25.0. The van der Waals surface area contributed by atoms with Gasteiger partial charge in [0.2, 0.25) is 10.0 Å². The third-order valence-electron chi connectivity index (χ3n) is 2.68. The number of thiazole rings is 1. The van der Waals surface area contributed by atoms with Crippen molar-refractivity contribution >= 4 is 27.3 Å². The monoisotopic (exact) mass is 333 g/mol. The largest absolute Gasteiger partial charge is 0.356 e. The van der Waals surface area contributed by atoms with Crippen LogP contribution in [-0.4, -0.2) is 51.8 Å². The van der Waals surface area contributed by atoms with Gasteiger partial charge in [-0.15, -0.1) is 11.3 Å². The second-order valence-corrected chi connectivity index (χ2v) is 7.49. The summed E-state index contributed by atoms with van der Waals surface area (Å²) in [5.41, 5.74) is 1.07. The molecule has 1 aromatic heterocycles. The highest BCUT2D eigenvalue weighted by molar-refractivity contribution is 7.89. The van der Waals surface area contributed by atoms with Crippen LogP contribution in [0.1, 0.15) is 17.6 Å². The number of hydrogen-bond donors (Lipinski definition) is 3. The van der Waals surface area contributed by atoms with Gasteiger partial charge in [-0.2, -0.15) is 0 Å². The fourth-order valence-electron chi connectivity index (χ4n) is 1.54. The maximum Gasteiger partial charge on any atom is 0.211 e. The maximum atomic E-state index is 11.3. The Morgan fingerprint density at radius 1 is 1.33 bits per heavy atom. The summed E-state index contributed by atoms with van der Waals surface area (Å²) in [6, 6.07) is 0. The SMILES string of the molecule is CCS(=O)(=O)NCCNC(=NC)NCCc1csc(C)n1. The lowest BCUT2D eigenvalue weighted by molar-refractivity contribution is 0.582. The topological polar surface area (TPSA) is 95.5 Å². The second-order valence-electron chi connectivity index (χ2n) is 4.33. The molecule has 0 unspecified atom stereocenters. The van der Waals surface area contributed by atoms with Crippen LogP contribution in [0.5, 0.6) is 0 Å². The van der Waals surface area contributed by atoms with Crippen molar-refractivity contribution in [1.29, 1.82) is 0 Å². The number of nitrogens with one attached hydrogen (secondary N) is 3. The molecule has 0 aliphatic heterocycles. The molecule has 0 aliphatic rings. The van der Waals surface area contributed by atoms with Crippen molar-refractivity contribution in [3.63, 3.8) is 0 Å². The van der Waals surface area contributed by atoms with Gasteiger partial charge in [-0.05, 0) is 13.8 Å². The highest BCUT2D eigenvalue weighted by Crippen LogP contribution is 2.07. The molecule has 1 rings (SSSR count). The quantitative estimate of drug-likeness (QED) is 0.356.